The molecule has 3 rings (SSSR count). The van der Waals surface area contributed by atoms with Crippen LogP contribution in [0.2, 0.25) is 0 Å². The normalized spacial score (nSPS) is 26.4. The summed E-state index contributed by atoms with van der Waals surface area (Å²) in [7, 11) is 0. The lowest BCUT2D eigenvalue weighted by Crippen LogP contribution is -2.48. The molecular formula is C12H19ClN4O2S. The van der Waals surface area contributed by atoms with Gasteiger partial charge in [-0.15, -0.1) is 24.2 Å². The third-order valence-corrected chi connectivity index (χ3v) is 4.58. The zero-order valence-electron chi connectivity index (χ0n) is 11.4. The largest absolute Gasteiger partial charge is 0.341 e. The third-order valence-electron chi connectivity index (χ3n) is 3.64. The van der Waals surface area contributed by atoms with Gasteiger partial charge in [0.05, 0.1) is 12.0 Å². The number of amides is 1. The summed E-state index contributed by atoms with van der Waals surface area (Å²) in [6, 6.07) is -0.0202. The average Bonchev–Trinajstić information content (AvgIpc) is 3.09. The Labute approximate surface area is 128 Å². The SMILES string of the molecule is Cc1noc(C2CCCN(C(=O)[C@H]3CSCN3)C2)n1.Cl. The van der Waals surface area contributed by atoms with Crippen LogP contribution >= 0.6 is 24.2 Å². The van der Waals surface area contributed by atoms with Crippen molar-refractivity contribution >= 4 is 30.1 Å². The van der Waals surface area contributed by atoms with E-state index in [0.29, 0.717) is 18.3 Å². The van der Waals surface area contributed by atoms with Crippen LogP contribution in [0.4, 0.5) is 0 Å². The molecule has 1 N–H and O–H groups in total. The first-order valence-corrected chi connectivity index (χ1v) is 7.79. The molecule has 2 saturated heterocycles. The number of hydrogen-bond acceptors (Lipinski definition) is 6. The van der Waals surface area contributed by atoms with Crippen LogP contribution in [-0.2, 0) is 4.79 Å². The van der Waals surface area contributed by atoms with E-state index >= 15 is 0 Å². The fourth-order valence-corrected chi connectivity index (χ4v) is 3.57. The molecule has 0 saturated carbocycles. The molecule has 112 valence electrons. The molecule has 2 atom stereocenters. The van der Waals surface area contributed by atoms with E-state index in [2.05, 4.69) is 15.5 Å². The summed E-state index contributed by atoms with van der Waals surface area (Å²) >= 11 is 1.78. The molecule has 2 fully saturated rings. The molecule has 0 radical (unpaired) electrons. The highest BCUT2D eigenvalue weighted by Crippen LogP contribution is 2.26. The van der Waals surface area contributed by atoms with Gasteiger partial charge in [-0.3, -0.25) is 10.1 Å². The highest BCUT2D eigenvalue weighted by molar-refractivity contribution is 7.99. The average molecular weight is 319 g/mol. The minimum atomic E-state index is -0.0202. The maximum atomic E-state index is 12.4. The van der Waals surface area contributed by atoms with Crippen molar-refractivity contribution < 1.29 is 9.32 Å². The zero-order chi connectivity index (χ0) is 13.2. The lowest BCUT2D eigenvalue weighted by Gasteiger charge is -2.32. The second-order valence-corrected chi connectivity index (χ2v) is 6.11. The molecule has 0 aromatic carbocycles. The topological polar surface area (TPSA) is 71.3 Å². The molecule has 1 amide bonds. The number of rotatable bonds is 2. The summed E-state index contributed by atoms with van der Waals surface area (Å²) in [5, 5.41) is 7.07. The number of nitrogens with one attached hydrogen (secondary N) is 1. The van der Waals surface area contributed by atoms with Crippen molar-refractivity contribution in [2.24, 2.45) is 0 Å². The molecule has 20 heavy (non-hydrogen) atoms. The van der Waals surface area contributed by atoms with Gasteiger partial charge in [0.25, 0.3) is 0 Å². The van der Waals surface area contributed by atoms with Crippen LogP contribution < -0.4 is 5.32 Å². The summed E-state index contributed by atoms with van der Waals surface area (Å²) in [5.74, 6) is 3.48. The number of carbonyl (C=O) groups is 1. The molecule has 0 spiro atoms. The molecule has 2 aliphatic rings. The van der Waals surface area contributed by atoms with Crippen molar-refractivity contribution in [3.63, 3.8) is 0 Å². The van der Waals surface area contributed by atoms with Crippen molar-refractivity contribution in [2.75, 3.05) is 24.7 Å². The fourth-order valence-electron chi connectivity index (χ4n) is 2.63. The fraction of sp³-hybridized carbons (Fsp3) is 0.750. The van der Waals surface area contributed by atoms with Crippen molar-refractivity contribution in [3.8, 4) is 0 Å². The second-order valence-electron chi connectivity index (χ2n) is 5.08. The van der Waals surface area contributed by atoms with Crippen molar-refractivity contribution in [3.05, 3.63) is 11.7 Å². The summed E-state index contributed by atoms with van der Waals surface area (Å²) in [5.41, 5.74) is 0. The van der Waals surface area contributed by atoms with Gasteiger partial charge in [0.2, 0.25) is 11.8 Å². The Kier molecular flexibility index (Phi) is 5.29. The number of thioether (sulfide) groups is 1. The van der Waals surface area contributed by atoms with Gasteiger partial charge in [0.15, 0.2) is 5.82 Å². The molecule has 0 bridgehead atoms. The van der Waals surface area contributed by atoms with Crippen LogP contribution in [0.5, 0.6) is 0 Å². The van der Waals surface area contributed by atoms with Gasteiger partial charge in [0, 0.05) is 24.7 Å². The predicted octanol–water partition coefficient (Wildman–Crippen LogP) is 1.17. The number of halogens is 1. The Morgan fingerprint density at radius 2 is 2.40 bits per heavy atom. The van der Waals surface area contributed by atoms with Crippen molar-refractivity contribution in [1.29, 1.82) is 0 Å². The molecule has 1 aromatic heterocycles. The lowest BCUT2D eigenvalue weighted by molar-refractivity contribution is -0.134. The van der Waals surface area contributed by atoms with Gasteiger partial charge < -0.3 is 9.42 Å². The lowest BCUT2D eigenvalue weighted by atomic mass is 9.97. The summed E-state index contributed by atoms with van der Waals surface area (Å²) in [4.78, 5) is 18.6. The van der Waals surface area contributed by atoms with Crippen LogP contribution in [-0.4, -0.2) is 51.7 Å². The first kappa shape index (κ1) is 15.6. The van der Waals surface area contributed by atoms with E-state index in [1.54, 1.807) is 11.8 Å². The number of nitrogens with zero attached hydrogens (tertiary/aromatic N) is 3. The first-order valence-electron chi connectivity index (χ1n) is 6.64. The Morgan fingerprint density at radius 3 is 3.05 bits per heavy atom. The van der Waals surface area contributed by atoms with Crippen LogP contribution in [0, 0.1) is 6.92 Å². The van der Waals surface area contributed by atoms with Gasteiger partial charge in [-0.1, -0.05) is 5.16 Å². The van der Waals surface area contributed by atoms with Crippen LogP contribution in [0.15, 0.2) is 4.52 Å². The van der Waals surface area contributed by atoms with Crippen LogP contribution in [0.3, 0.4) is 0 Å². The van der Waals surface area contributed by atoms with E-state index in [1.807, 2.05) is 11.8 Å². The van der Waals surface area contributed by atoms with E-state index in [4.69, 9.17) is 4.52 Å². The monoisotopic (exact) mass is 318 g/mol. The number of piperidine rings is 1. The highest BCUT2D eigenvalue weighted by atomic mass is 35.5. The van der Waals surface area contributed by atoms with E-state index in [-0.39, 0.29) is 30.3 Å². The molecule has 1 aromatic rings. The molecule has 1 unspecified atom stereocenters. The standard InChI is InChI=1S/C12H18N4O2S.ClH/c1-8-14-11(18-15-8)9-3-2-4-16(5-9)12(17)10-6-19-7-13-10;/h9-10,13H,2-7H2,1H3;1H/t9?,10-;/m1./s1. The molecular weight excluding hydrogens is 300 g/mol. The Hall–Kier alpha value is -0.790. The second kappa shape index (κ2) is 6.78. The van der Waals surface area contributed by atoms with Crippen molar-refractivity contribution in [1.82, 2.24) is 20.4 Å². The number of aryl methyl sites for hydroxylation is 1. The minimum absolute atomic E-state index is 0. The summed E-state index contributed by atoms with van der Waals surface area (Å²) in [6.07, 6.45) is 2.01. The first-order chi connectivity index (χ1) is 9.24. The predicted molar refractivity (Wildman–Crippen MR) is 79.1 cm³/mol. The van der Waals surface area contributed by atoms with Crippen LogP contribution in [0.25, 0.3) is 0 Å². The molecule has 3 heterocycles. The molecule has 6 nitrogen and oxygen atoms in total. The van der Waals surface area contributed by atoms with E-state index in [1.165, 1.54) is 0 Å². The van der Waals surface area contributed by atoms with Gasteiger partial charge in [0.1, 0.15) is 0 Å². The molecule has 8 heteroatoms. The van der Waals surface area contributed by atoms with E-state index < -0.39 is 0 Å². The van der Waals surface area contributed by atoms with Gasteiger partial charge in [-0.25, -0.2) is 0 Å². The smallest absolute Gasteiger partial charge is 0.240 e. The number of aromatic nitrogens is 2. The number of likely N-dealkylation sites (tertiary alicyclic amines) is 1. The minimum Gasteiger partial charge on any atom is -0.341 e. The van der Waals surface area contributed by atoms with Gasteiger partial charge in [-0.05, 0) is 19.8 Å². The Bertz CT molecular complexity index is 464. The van der Waals surface area contributed by atoms with Gasteiger partial charge >= 0.3 is 0 Å². The van der Waals surface area contributed by atoms with Crippen LogP contribution in [0.1, 0.15) is 30.5 Å². The van der Waals surface area contributed by atoms with E-state index in [0.717, 1.165) is 31.0 Å². The summed E-state index contributed by atoms with van der Waals surface area (Å²) in [6.45, 7) is 3.35. The molecule has 2 aliphatic heterocycles. The van der Waals surface area contributed by atoms with Gasteiger partial charge in [-0.2, -0.15) is 4.98 Å². The number of carbonyl (C=O) groups excluding carboxylic acids is 1. The quantitative estimate of drug-likeness (QED) is 0.882. The maximum absolute atomic E-state index is 12.4. The summed E-state index contributed by atoms with van der Waals surface area (Å²) < 4.78 is 5.24. The van der Waals surface area contributed by atoms with E-state index in [9.17, 15) is 4.79 Å². The third kappa shape index (κ3) is 3.27. The molecule has 0 aliphatic carbocycles. The van der Waals surface area contributed by atoms with Crippen molar-refractivity contribution in [2.45, 2.75) is 31.7 Å². The zero-order valence-corrected chi connectivity index (χ0v) is 13.0. The Morgan fingerprint density at radius 1 is 1.55 bits per heavy atom. The highest BCUT2D eigenvalue weighted by Gasteiger charge is 2.32. The Balaban J connectivity index is 0.00000147. The maximum Gasteiger partial charge on any atom is 0.240 e. The number of hydrogen-bond donors (Lipinski definition) is 1.